The van der Waals surface area contributed by atoms with Gasteiger partial charge in [-0.25, -0.2) is 13.8 Å². The molecule has 0 atom stereocenters. The topological polar surface area (TPSA) is 48.1 Å². The molecule has 0 spiro atoms. The molecule has 1 heterocycles. The van der Waals surface area contributed by atoms with Gasteiger partial charge in [0.25, 0.3) is 0 Å². The number of halogens is 2. The van der Waals surface area contributed by atoms with Crippen LogP contribution in [0, 0.1) is 11.6 Å². The summed E-state index contributed by atoms with van der Waals surface area (Å²) in [7, 11) is 0. The molecule has 0 amide bonds. The maximum Gasteiger partial charge on any atom is 0.130 e. The molecule has 1 aromatic carbocycles. The highest BCUT2D eigenvalue weighted by molar-refractivity contribution is 5.29. The van der Waals surface area contributed by atoms with Crippen LogP contribution >= 0.6 is 0 Å². The second-order valence-corrected chi connectivity index (χ2v) is 3.45. The van der Waals surface area contributed by atoms with E-state index in [0.29, 0.717) is 11.5 Å². The molecule has 0 aliphatic carbocycles. The van der Waals surface area contributed by atoms with E-state index in [1.165, 1.54) is 0 Å². The SMILES string of the molecule is Nc1cccc(COc2cc(F)cc(F)c2)n1. The largest absolute Gasteiger partial charge is 0.487 e. The van der Waals surface area contributed by atoms with E-state index in [9.17, 15) is 8.78 Å². The van der Waals surface area contributed by atoms with Crippen LogP contribution < -0.4 is 10.5 Å². The number of hydrogen-bond acceptors (Lipinski definition) is 3. The average molecular weight is 236 g/mol. The molecule has 0 aliphatic rings. The molecule has 5 heteroatoms. The second kappa shape index (κ2) is 4.78. The van der Waals surface area contributed by atoms with Crippen molar-refractivity contribution in [2.24, 2.45) is 0 Å². The van der Waals surface area contributed by atoms with Crippen LogP contribution in [0.1, 0.15) is 5.69 Å². The number of rotatable bonds is 3. The van der Waals surface area contributed by atoms with Crippen LogP contribution in [-0.4, -0.2) is 4.98 Å². The van der Waals surface area contributed by atoms with E-state index >= 15 is 0 Å². The molecule has 0 unspecified atom stereocenters. The van der Waals surface area contributed by atoms with Gasteiger partial charge in [0.15, 0.2) is 0 Å². The van der Waals surface area contributed by atoms with Gasteiger partial charge >= 0.3 is 0 Å². The van der Waals surface area contributed by atoms with E-state index in [0.717, 1.165) is 18.2 Å². The predicted molar refractivity (Wildman–Crippen MR) is 59.3 cm³/mol. The Morgan fingerprint density at radius 3 is 2.47 bits per heavy atom. The maximum atomic E-state index is 12.9. The predicted octanol–water partition coefficient (Wildman–Crippen LogP) is 2.52. The molecule has 0 radical (unpaired) electrons. The quantitative estimate of drug-likeness (QED) is 0.890. The third kappa shape index (κ3) is 3.14. The van der Waals surface area contributed by atoms with Gasteiger partial charge in [-0.15, -0.1) is 0 Å². The average Bonchev–Trinajstić information content (AvgIpc) is 2.25. The van der Waals surface area contributed by atoms with E-state index in [1.807, 2.05) is 0 Å². The third-order valence-corrected chi connectivity index (χ3v) is 2.05. The molecule has 0 saturated heterocycles. The molecule has 0 fully saturated rings. The van der Waals surface area contributed by atoms with Gasteiger partial charge in [-0.2, -0.15) is 0 Å². The van der Waals surface area contributed by atoms with Crippen LogP contribution in [0.4, 0.5) is 14.6 Å². The van der Waals surface area contributed by atoms with Gasteiger partial charge in [0, 0.05) is 18.2 Å². The Hall–Kier alpha value is -2.17. The first kappa shape index (κ1) is 11.3. The lowest BCUT2D eigenvalue weighted by molar-refractivity contribution is 0.298. The van der Waals surface area contributed by atoms with Crippen LogP contribution in [0.3, 0.4) is 0 Å². The highest BCUT2D eigenvalue weighted by Gasteiger charge is 2.02. The van der Waals surface area contributed by atoms with Crippen molar-refractivity contribution in [3.63, 3.8) is 0 Å². The van der Waals surface area contributed by atoms with E-state index < -0.39 is 11.6 Å². The van der Waals surface area contributed by atoms with E-state index in [-0.39, 0.29) is 12.4 Å². The van der Waals surface area contributed by atoms with Gasteiger partial charge in [-0.3, -0.25) is 0 Å². The molecule has 2 aromatic rings. The first-order chi connectivity index (χ1) is 8.13. The number of nitrogens with two attached hydrogens (primary N) is 1. The molecular formula is C12H10F2N2O. The fourth-order valence-electron chi connectivity index (χ4n) is 1.35. The summed E-state index contributed by atoms with van der Waals surface area (Å²) >= 11 is 0. The highest BCUT2D eigenvalue weighted by atomic mass is 19.1. The summed E-state index contributed by atoms with van der Waals surface area (Å²) in [6, 6.07) is 8.08. The summed E-state index contributed by atoms with van der Waals surface area (Å²) < 4.78 is 30.9. The third-order valence-electron chi connectivity index (χ3n) is 2.05. The molecule has 17 heavy (non-hydrogen) atoms. The summed E-state index contributed by atoms with van der Waals surface area (Å²) in [6.45, 7) is 0.105. The Kier molecular flexibility index (Phi) is 3.18. The van der Waals surface area contributed by atoms with Crippen LogP contribution in [0.5, 0.6) is 5.75 Å². The summed E-state index contributed by atoms with van der Waals surface area (Å²) in [5.41, 5.74) is 6.08. The Balaban J connectivity index is 2.07. The number of nitrogens with zero attached hydrogens (tertiary/aromatic N) is 1. The normalized spacial score (nSPS) is 10.2. The van der Waals surface area contributed by atoms with Crippen molar-refractivity contribution in [3.8, 4) is 5.75 Å². The summed E-state index contributed by atoms with van der Waals surface area (Å²) in [5, 5.41) is 0. The standard InChI is InChI=1S/C12H10F2N2O/c13-8-4-9(14)6-11(5-8)17-7-10-2-1-3-12(15)16-10/h1-6H,7H2,(H2,15,16). The van der Waals surface area contributed by atoms with Gasteiger partial charge in [0.2, 0.25) is 0 Å². The fraction of sp³-hybridized carbons (Fsp3) is 0.0833. The number of pyridine rings is 1. The Morgan fingerprint density at radius 1 is 1.12 bits per heavy atom. The lowest BCUT2D eigenvalue weighted by Crippen LogP contribution is -2.01. The van der Waals surface area contributed by atoms with Crippen molar-refractivity contribution in [1.82, 2.24) is 4.98 Å². The molecule has 2 N–H and O–H groups in total. The molecule has 88 valence electrons. The Bertz CT molecular complexity index is 511. The van der Waals surface area contributed by atoms with Gasteiger partial charge in [-0.05, 0) is 12.1 Å². The minimum absolute atomic E-state index is 0.105. The number of aromatic nitrogens is 1. The maximum absolute atomic E-state index is 12.9. The molecule has 0 aliphatic heterocycles. The first-order valence-corrected chi connectivity index (χ1v) is 4.94. The number of benzene rings is 1. The van der Waals surface area contributed by atoms with E-state index in [1.54, 1.807) is 18.2 Å². The minimum Gasteiger partial charge on any atom is -0.487 e. The summed E-state index contributed by atoms with van der Waals surface area (Å²) in [5.74, 6) is -0.871. The minimum atomic E-state index is -0.680. The number of anilines is 1. The van der Waals surface area contributed by atoms with Gasteiger partial charge in [-0.1, -0.05) is 6.07 Å². The van der Waals surface area contributed by atoms with Crippen molar-refractivity contribution in [2.75, 3.05) is 5.73 Å². The van der Waals surface area contributed by atoms with E-state index in [4.69, 9.17) is 10.5 Å². The second-order valence-electron chi connectivity index (χ2n) is 3.45. The number of nitrogen functional groups attached to an aromatic ring is 1. The van der Waals surface area contributed by atoms with Crippen molar-refractivity contribution in [1.29, 1.82) is 0 Å². The Labute approximate surface area is 96.9 Å². The van der Waals surface area contributed by atoms with Crippen LogP contribution in [0.2, 0.25) is 0 Å². The fourth-order valence-corrected chi connectivity index (χ4v) is 1.35. The van der Waals surface area contributed by atoms with Crippen molar-refractivity contribution in [2.45, 2.75) is 6.61 Å². The van der Waals surface area contributed by atoms with Crippen molar-refractivity contribution in [3.05, 3.63) is 53.7 Å². The summed E-state index contributed by atoms with van der Waals surface area (Å²) in [4.78, 5) is 4.00. The lowest BCUT2D eigenvalue weighted by Gasteiger charge is -2.06. The van der Waals surface area contributed by atoms with Gasteiger partial charge in [0.1, 0.15) is 29.8 Å². The summed E-state index contributed by atoms with van der Waals surface area (Å²) in [6.07, 6.45) is 0. The van der Waals surface area contributed by atoms with Crippen LogP contribution in [0.15, 0.2) is 36.4 Å². The van der Waals surface area contributed by atoms with Crippen molar-refractivity contribution >= 4 is 5.82 Å². The lowest BCUT2D eigenvalue weighted by atomic mass is 10.3. The molecule has 0 saturated carbocycles. The van der Waals surface area contributed by atoms with Crippen molar-refractivity contribution < 1.29 is 13.5 Å². The number of ether oxygens (including phenoxy) is 1. The molecule has 2 rings (SSSR count). The van der Waals surface area contributed by atoms with Crippen LogP contribution in [-0.2, 0) is 6.61 Å². The monoisotopic (exact) mass is 236 g/mol. The molecule has 0 bridgehead atoms. The first-order valence-electron chi connectivity index (χ1n) is 4.94. The molecule has 3 nitrogen and oxygen atoms in total. The number of hydrogen-bond donors (Lipinski definition) is 1. The zero-order valence-electron chi connectivity index (χ0n) is 8.86. The smallest absolute Gasteiger partial charge is 0.130 e. The van der Waals surface area contributed by atoms with E-state index in [2.05, 4.69) is 4.98 Å². The Morgan fingerprint density at radius 2 is 1.82 bits per heavy atom. The van der Waals surface area contributed by atoms with Gasteiger partial charge < -0.3 is 10.5 Å². The zero-order chi connectivity index (χ0) is 12.3. The zero-order valence-corrected chi connectivity index (χ0v) is 8.86. The van der Waals surface area contributed by atoms with Gasteiger partial charge in [0.05, 0.1) is 5.69 Å². The highest BCUT2D eigenvalue weighted by Crippen LogP contribution is 2.16. The van der Waals surface area contributed by atoms with Crippen LogP contribution in [0.25, 0.3) is 0 Å². The molecule has 1 aromatic heterocycles. The molecular weight excluding hydrogens is 226 g/mol.